The van der Waals surface area contributed by atoms with E-state index in [0.717, 1.165) is 21.1 Å². The summed E-state index contributed by atoms with van der Waals surface area (Å²) in [5, 5.41) is 16.0. The zero-order valence-corrected chi connectivity index (χ0v) is 16.4. The lowest BCUT2D eigenvalue weighted by Gasteiger charge is -2.27. The van der Waals surface area contributed by atoms with Gasteiger partial charge in [-0.15, -0.1) is 11.3 Å². The third-order valence-electron chi connectivity index (χ3n) is 5.01. The molecular weight excluding hydrogens is 362 g/mol. The van der Waals surface area contributed by atoms with Crippen LogP contribution in [0, 0.1) is 12.8 Å². The van der Waals surface area contributed by atoms with E-state index < -0.39 is 5.97 Å². The van der Waals surface area contributed by atoms with Gasteiger partial charge in [0.1, 0.15) is 5.01 Å². The van der Waals surface area contributed by atoms with Gasteiger partial charge in [0.2, 0.25) is 0 Å². The number of aryl methyl sites for hydroxylation is 1. The van der Waals surface area contributed by atoms with E-state index in [1.54, 1.807) is 11.3 Å². The average Bonchev–Trinajstić information content (AvgIpc) is 3.04. The molecule has 7 heteroatoms. The summed E-state index contributed by atoms with van der Waals surface area (Å²) in [7, 11) is 0. The summed E-state index contributed by atoms with van der Waals surface area (Å²) in [5.41, 5.74) is 2.00. The molecule has 1 atom stereocenters. The number of carboxylic acids is 1. The van der Waals surface area contributed by atoms with Crippen molar-refractivity contribution in [3.63, 3.8) is 0 Å². The normalized spacial score (nSPS) is 20.7. The second kappa shape index (κ2) is 8.52. The molecule has 1 aliphatic carbocycles. The molecular formula is C20H25N3O3S. The maximum absolute atomic E-state index is 12.3. The van der Waals surface area contributed by atoms with Gasteiger partial charge in [-0.1, -0.05) is 30.3 Å². The lowest BCUT2D eigenvalue weighted by atomic mass is 9.86. The number of rotatable bonds is 5. The number of urea groups is 1. The molecule has 1 aliphatic rings. The Bertz CT molecular complexity index is 798. The van der Waals surface area contributed by atoms with E-state index in [0.29, 0.717) is 25.7 Å². The Labute approximate surface area is 163 Å². The number of hydrogen-bond acceptors (Lipinski definition) is 4. The van der Waals surface area contributed by atoms with Crippen LogP contribution in [0.15, 0.2) is 30.3 Å². The highest BCUT2D eigenvalue weighted by Crippen LogP contribution is 2.31. The van der Waals surface area contributed by atoms with Crippen LogP contribution in [0.1, 0.15) is 49.2 Å². The highest BCUT2D eigenvalue weighted by molar-refractivity contribution is 7.15. The van der Waals surface area contributed by atoms with Crippen molar-refractivity contribution in [2.24, 2.45) is 5.92 Å². The minimum atomic E-state index is -0.735. The molecule has 1 unspecified atom stereocenters. The summed E-state index contributed by atoms with van der Waals surface area (Å²) in [6.45, 7) is 3.91. The van der Waals surface area contributed by atoms with Gasteiger partial charge in [0.15, 0.2) is 0 Å². The van der Waals surface area contributed by atoms with Crippen LogP contribution in [0.4, 0.5) is 4.79 Å². The monoisotopic (exact) mass is 387 g/mol. The van der Waals surface area contributed by atoms with E-state index >= 15 is 0 Å². The first kappa shape index (κ1) is 19.4. The molecule has 1 fully saturated rings. The maximum Gasteiger partial charge on any atom is 0.315 e. The average molecular weight is 388 g/mol. The van der Waals surface area contributed by atoms with Crippen molar-refractivity contribution >= 4 is 23.3 Å². The van der Waals surface area contributed by atoms with Gasteiger partial charge in [-0.3, -0.25) is 4.79 Å². The zero-order valence-electron chi connectivity index (χ0n) is 15.6. The van der Waals surface area contributed by atoms with Crippen molar-refractivity contribution in [2.45, 2.75) is 51.6 Å². The van der Waals surface area contributed by atoms with Gasteiger partial charge in [-0.2, -0.15) is 0 Å². The number of nitrogens with zero attached hydrogens (tertiary/aromatic N) is 1. The quantitative estimate of drug-likeness (QED) is 0.720. The number of benzene rings is 1. The topological polar surface area (TPSA) is 91.3 Å². The Morgan fingerprint density at radius 2 is 1.85 bits per heavy atom. The van der Waals surface area contributed by atoms with E-state index in [-0.39, 0.29) is 24.0 Å². The molecule has 144 valence electrons. The van der Waals surface area contributed by atoms with Gasteiger partial charge in [-0.05, 0) is 39.5 Å². The molecule has 6 nitrogen and oxygen atoms in total. The molecule has 0 bridgehead atoms. The fourth-order valence-corrected chi connectivity index (χ4v) is 4.56. The number of amides is 2. The highest BCUT2D eigenvalue weighted by Gasteiger charge is 2.27. The van der Waals surface area contributed by atoms with Gasteiger partial charge >= 0.3 is 12.0 Å². The van der Waals surface area contributed by atoms with Crippen LogP contribution in [-0.2, 0) is 4.79 Å². The van der Waals surface area contributed by atoms with Crippen molar-refractivity contribution in [1.82, 2.24) is 15.6 Å². The van der Waals surface area contributed by atoms with Gasteiger partial charge in [-0.25, -0.2) is 9.78 Å². The molecule has 3 rings (SSSR count). The molecule has 1 aromatic carbocycles. The van der Waals surface area contributed by atoms with Gasteiger partial charge in [0.25, 0.3) is 0 Å². The lowest BCUT2D eigenvalue weighted by Crippen LogP contribution is -2.44. The lowest BCUT2D eigenvalue weighted by molar-refractivity contribution is -0.142. The van der Waals surface area contributed by atoms with Gasteiger partial charge < -0.3 is 15.7 Å². The van der Waals surface area contributed by atoms with Gasteiger partial charge in [0, 0.05) is 11.6 Å². The molecule has 1 saturated carbocycles. The Hall–Kier alpha value is -2.41. The fourth-order valence-electron chi connectivity index (χ4n) is 3.49. The predicted octanol–water partition coefficient (Wildman–Crippen LogP) is 4.12. The van der Waals surface area contributed by atoms with E-state index in [1.165, 1.54) is 0 Å². The summed E-state index contributed by atoms with van der Waals surface area (Å²) in [5.74, 6) is -1.01. The van der Waals surface area contributed by atoms with Crippen LogP contribution in [0.25, 0.3) is 10.6 Å². The molecule has 0 spiro atoms. The van der Waals surface area contributed by atoms with Crippen LogP contribution in [-0.4, -0.2) is 28.1 Å². The van der Waals surface area contributed by atoms with E-state index in [4.69, 9.17) is 5.11 Å². The van der Waals surface area contributed by atoms with Crippen molar-refractivity contribution in [3.05, 3.63) is 40.9 Å². The fraction of sp³-hybridized carbons (Fsp3) is 0.450. The summed E-state index contributed by atoms with van der Waals surface area (Å²) in [6, 6.07) is 9.69. The molecule has 0 radical (unpaired) electrons. The van der Waals surface area contributed by atoms with Crippen LogP contribution < -0.4 is 10.6 Å². The first-order valence-corrected chi connectivity index (χ1v) is 10.1. The number of carboxylic acid groups (broad SMARTS) is 1. The second-order valence-electron chi connectivity index (χ2n) is 7.06. The van der Waals surface area contributed by atoms with Crippen molar-refractivity contribution < 1.29 is 14.7 Å². The second-order valence-corrected chi connectivity index (χ2v) is 8.09. The molecule has 1 aromatic heterocycles. The zero-order chi connectivity index (χ0) is 19.4. The van der Waals surface area contributed by atoms with E-state index in [2.05, 4.69) is 15.6 Å². The number of aliphatic carboxylic acids is 1. The van der Waals surface area contributed by atoms with Crippen molar-refractivity contribution in [2.75, 3.05) is 0 Å². The first-order chi connectivity index (χ1) is 12.9. The molecule has 1 heterocycles. The maximum atomic E-state index is 12.3. The van der Waals surface area contributed by atoms with E-state index in [9.17, 15) is 9.59 Å². The number of carbonyl (C=O) groups is 2. The number of thiazole rings is 1. The minimum absolute atomic E-state index is 0.0373. The molecule has 0 aliphatic heterocycles. The summed E-state index contributed by atoms with van der Waals surface area (Å²) in [4.78, 5) is 29.0. The van der Waals surface area contributed by atoms with Crippen molar-refractivity contribution in [3.8, 4) is 10.6 Å². The van der Waals surface area contributed by atoms with Crippen molar-refractivity contribution in [1.29, 1.82) is 0 Å². The molecule has 2 aromatic rings. The number of carbonyl (C=O) groups excluding carboxylic acids is 1. The Balaban J connectivity index is 1.56. The van der Waals surface area contributed by atoms with Crippen LogP contribution in [0.3, 0.4) is 0 Å². The number of hydrogen-bond donors (Lipinski definition) is 3. The summed E-state index contributed by atoms with van der Waals surface area (Å²) in [6.07, 6.45) is 2.64. The molecule has 3 N–H and O–H groups in total. The summed E-state index contributed by atoms with van der Waals surface area (Å²) < 4.78 is 0. The predicted molar refractivity (Wildman–Crippen MR) is 106 cm³/mol. The third kappa shape index (κ3) is 4.86. The minimum Gasteiger partial charge on any atom is -0.481 e. The van der Waals surface area contributed by atoms with Crippen LogP contribution >= 0.6 is 11.3 Å². The Morgan fingerprint density at radius 3 is 2.48 bits per heavy atom. The third-order valence-corrected chi connectivity index (χ3v) is 6.39. The standard InChI is InChI=1S/C20H25N3O3S/c1-12-17(27-18(21-12)14-6-4-3-5-7-14)13(2)22-20(26)23-16-10-8-15(9-11-16)19(24)25/h3-7,13,15-16H,8-11H2,1-2H3,(H,24,25)(H2,22,23,26). The van der Waals surface area contributed by atoms with E-state index in [1.807, 2.05) is 44.2 Å². The number of aromatic nitrogens is 1. The molecule has 27 heavy (non-hydrogen) atoms. The molecule has 0 saturated heterocycles. The van der Waals surface area contributed by atoms with Crippen LogP contribution in [0.2, 0.25) is 0 Å². The molecule has 2 amide bonds. The van der Waals surface area contributed by atoms with Crippen LogP contribution in [0.5, 0.6) is 0 Å². The Kier molecular flexibility index (Phi) is 6.11. The smallest absolute Gasteiger partial charge is 0.315 e. The SMILES string of the molecule is Cc1nc(-c2ccccc2)sc1C(C)NC(=O)NC1CCC(C(=O)O)CC1. The number of nitrogens with one attached hydrogen (secondary N) is 2. The largest absolute Gasteiger partial charge is 0.481 e. The summed E-state index contributed by atoms with van der Waals surface area (Å²) >= 11 is 1.59. The first-order valence-electron chi connectivity index (χ1n) is 9.26. The highest BCUT2D eigenvalue weighted by atomic mass is 32.1. The van der Waals surface area contributed by atoms with Gasteiger partial charge in [0.05, 0.1) is 22.5 Å². The Morgan fingerprint density at radius 1 is 1.19 bits per heavy atom.